The fraction of sp³-hybridized carbons (Fsp3) is 0.545. The van der Waals surface area contributed by atoms with Gasteiger partial charge in [0.25, 0.3) is 0 Å². The van der Waals surface area contributed by atoms with Crippen LogP contribution >= 0.6 is 0 Å². The van der Waals surface area contributed by atoms with Gasteiger partial charge in [-0.25, -0.2) is 4.79 Å². The van der Waals surface area contributed by atoms with Crippen molar-refractivity contribution in [1.82, 2.24) is 10.2 Å². The normalized spacial score (nSPS) is 21.6. The third kappa shape index (κ3) is 3.76. The molecule has 0 fully saturated rings. The van der Waals surface area contributed by atoms with E-state index in [1.54, 1.807) is 19.1 Å². The highest BCUT2D eigenvalue weighted by Gasteiger charge is 2.26. The van der Waals surface area contributed by atoms with Crippen LogP contribution in [0.2, 0.25) is 0 Å². The molecule has 0 radical (unpaired) electrons. The molecule has 1 rings (SSSR count). The first kappa shape index (κ1) is 14.0. The molecule has 1 aliphatic carbocycles. The zero-order valence-electron chi connectivity index (χ0n) is 10.1. The van der Waals surface area contributed by atoms with Gasteiger partial charge in [-0.1, -0.05) is 12.2 Å². The van der Waals surface area contributed by atoms with Crippen LogP contribution in [0.15, 0.2) is 12.2 Å². The molecule has 0 saturated heterocycles. The van der Waals surface area contributed by atoms with Gasteiger partial charge in [0.05, 0.1) is 12.0 Å². The summed E-state index contributed by atoms with van der Waals surface area (Å²) in [5, 5.41) is 11.5. The molecule has 4 N–H and O–H groups in total. The summed E-state index contributed by atoms with van der Waals surface area (Å²) < 4.78 is 0. The minimum absolute atomic E-state index is 0.152. The molecule has 2 unspecified atom stereocenters. The van der Waals surface area contributed by atoms with E-state index in [0.717, 1.165) is 0 Å². The van der Waals surface area contributed by atoms with Gasteiger partial charge in [-0.2, -0.15) is 0 Å². The quantitative estimate of drug-likeness (QED) is 0.576. The third-order valence-corrected chi connectivity index (χ3v) is 2.73. The number of carbonyl (C=O) groups excluding carboxylic acids is 2. The molecule has 18 heavy (non-hydrogen) atoms. The number of carbonyl (C=O) groups is 3. The number of likely N-dealkylation sites (N-methyl/N-ethyl adjacent to an activating group) is 1. The van der Waals surface area contributed by atoms with Crippen LogP contribution in [-0.2, 0) is 9.59 Å². The molecule has 7 heteroatoms. The van der Waals surface area contributed by atoms with E-state index in [1.165, 1.54) is 4.90 Å². The van der Waals surface area contributed by atoms with Gasteiger partial charge in [0.15, 0.2) is 0 Å². The number of aliphatic carboxylic acids is 1. The molecule has 0 aromatic carbocycles. The second kappa shape index (κ2) is 6.04. The van der Waals surface area contributed by atoms with Gasteiger partial charge in [-0.05, 0) is 13.3 Å². The monoisotopic (exact) mass is 255 g/mol. The van der Waals surface area contributed by atoms with Crippen LogP contribution in [0.4, 0.5) is 4.79 Å². The topological polar surface area (TPSA) is 113 Å². The number of nitrogens with two attached hydrogens (primary N) is 1. The van der Waals surface area contributed by atoms with E-state index in [2.05, 4.69) is 5.32 Å². The molecule has 3 amide bonds. The summed E-state index contributed by atoms with van der Waals surface area (Å²) in [6, 6.07) is -0.738. The Hall–Kier alpha value is -2.05. The lowest BCUT2D eigenvalue weighted by Crippen LogP contribution is -2.47. The minimum Gasteiger partial charge on any atom is -0.481 e. The lowest BCUT2D eigenvalue weighted by Gasteiger charge is -2.22. The first-order valence-electron chi connectivity index (χ1n) is 5.69. The summed E-state index contributed by atoms with van der Waals surface area (Å²) in [4.78, 5) is 34.5. The molecule has 0 spiro atoms. The molecule has 100 valence electrons. The summed E-state index contributed by atoms with van der Waals surface area (Å²) in [5.41, 5.74) is 5.02. The van der Waals surface area contributed by atoms with Gasteiger partial charge in [0, 0.05) is 6.54 Å². The highest BCUT2D eigenvalue weighted by atomic mass is 16.4. The molecular weight excluding hydrogens is 238 g/mol. The van der Waals surface area contributed by atoms with Gasteiger partial charge in [0.2, 0.25) is 5.91 Å². The second-order valence-electron chi connectivity index (χ2n) is 4.10. The average Bonchev–Trinajstić information content (AvgIpc) is 2.74. The van der Waals surface area contributed by atoms with Crippen molar-refractivity contribution in [1.29, 1.82) is 0 Å². The maximum Gasteiger partial charge on any atom is 0.318 e. The number of hydrogen-bond acceptors (Lipinski definition) is 3. The molecular formula is C11H17N3O4. The SMILES string of the molecule is CCN(CC(N)=O)C(=O)NC1C=CC(C(=O)O)C1. The Balaban J connectivity index is 2.48. The van der Waals surface area contributed by atoms with Gasteiger partial charge >= 0.3 is 12.0 Å². The zero-order valence-corrected chi connectivity index (χ0v) is 10.1. The van der Waals surface area contributed by atoms with E-state index in [0.29, 0.717) is 13.0 Å². The standard InChI is InChI=1S/C11H17N3O4/c1-2-14(6-9(12)15)11(18)13-8-4-3-7(5-8)10(16)17/h3-4,7-8H,2,5-6H2,1H3,(H2,12,15)(H,13,18)(H,16,17). The van der Waals surface area contributed by atoms with E-state index in [1.807, 2.05) is 0 Å². The number of rotatable bonds is 5. The summed E-state index contributed by atoms with van der Waals surface area (Å²) in [6.45, 7) is 1.93. The number of nitrogens with zero attached hydrogens (tertiary/aromatic N) is 1. The third-order valence-electron chi connectivity index (χ3n) is 2.73. The van der Waals surface area contributed by atoms with Crippen molar-refractivity contribution >= 4 is 17.9 Å². The second-order valence-corrected chi connectivity index (χ2v) is 4.10. The summed E-state index contributed by atoms with van der Waals surface area (Å²) in [7, 11) is 0. The molecule has 0 aromatic rings. The lowest BCUT2D eigenvalue weighted by atomic mass is 10.1. The first-order chi connectivity index (χ1) is 8.43. The number of carboxylic acid groups (broad SMARTS) is 1. The van der Waals surface area contributed by atoms with Crippen LogP contribution in [0.25, 0.3) is 0 Å². The fourth-order valence-electron chi connectivity index (χ4n) is 1.75. The molecule has 0 aliphatic heterocycles. The van der Waals surface area contributed by atoms with Gasteiger partial charge in [-0.3, -0.25) is 9.59 Å². The Labute approximate surface area is 105 Å². The van der Waals surface area contributed by atoms with Crippen LogP contribution in [0.3, 0.4) is 0 Å². The molecule has 0 heterocycles. The highest BCUT2D eigenvalue weighted by molar-refractivity contribution is 5.83. The Morgan fingerprint density at radius 2 is 2.11 bits per heavy atom. The van der Waals surface area contributed by atoms with Crippen molar-refractivity contribution in [3.8, 4) is 0 Å². The fourth-order valence-corrected chi connectivity index (χ4v) is 1.75. The molecule has 0 aromatic heterocycles. The maximum atomic E-state index is 11.8. The Bertz CT molecular complexity index is 380. The van der Waals surface area contributed by atoms with Crippen LogP contribution in [0.5, 0.6) is 0 Å². The van der Waals surface area contributed by atoms with Crippen molar-refractivity contribution in [3.63, 3.8) is 0 Å². The van der Waals surface area contributed by atoms with Crippen molar-refractivity contribution in [2.45, 2.75) is 19.4 Å². The zero-order chi connectivity index (χ0) is 13.7. The van der Waals surface area contributed by atoms with Crippen molar-refractivity contribution in [3.05, 3.63) is 12.2 Å². The molecule has 0 bridgehead atoms. The largest absolute Gasteiger partial charge is 0.481 e. The van der Waals surface area contributed by atoms with E-state index >= 15 is 0 Å². The predicted molar refractivity (Wildman–Crippen MR) is 63.6 cm³/mol. The van der Waals surface area contributed by atoms with Crippen LogP contribution in [-0.4, -0.2) is 47.0 Å². The number of amides is 3. The van der Waals surface area contributed by atoms with E-state index in [9.17, 15) is 14.4 Å². The Morgan fingerprint density at radius 1 is 1.44 bits per heavy atom. The molecule has 0 saturated carbocycles. The molecule has 2 atom stereocenters. The van der Waals surface area contributed by atoms with Crippen LogP contribution in [0.1, 0.15) is 13.3 Å². The van der Waals surface area contributed by atoms with Gasteiger partial charge < -0.3 is 21.1 Å². The molecule has 1 aliphatic rings. The van der Waals surface area contributed by atoms with E-state index in [-0.39, 0.29) is 12.6 Å². The van der Waals surface area contributed by atoms with Crippen molar-refractivity contribution in [2.24, 2.45) is 11.7 Å². The lowest BCUT2D eigenvalue weighted by molar-refractivity contribution is -0.140. The number of primary amides is 1. The molecule has 7 nitrogen and oxygen atoms in total. The average molecular weight is 255 g/mol. The Kier molecular flexibility index (Phi) is 4.70. The number of hydrogen-bond donors (Lipinski definition) is 3. The van der Waals surface area contributed by atoms with Gasteiger partial charge in [0.1, 0.15) is 6.54 Å². The summed E-state index contributed by atoms with van der Waals surface area (Å²) >= 11 is 0. The Morgan fingerprint density at radius 3 is 2.56 bits per heavy atom. The minimum atomic E-state index is -0.910. The number of nitrogens with one attached hydrogen (secondary N) is 1. The van der Waals surface area contributed by atoms with Crippen molar-refractivity contribution < 1.29 is 19.5 Å². The summed E-state index contributed by atoms with van der Waals surface area (Å²) in [5.74, 6) is -2.06. The first-order valence-corrected chi connectivity index (χ1v) is 5.69. The summed E-state index contributed by atoms with van der Waals surface area (Å²) in [6.07, 6.45) is 3.53. The van der Waals surface area contributed by atoms with E-state index < -0.39 is 23.8 Å². The maximum absolute atomic E-state index is 11.8. The number of carboxylic acids is 1. The predicted octanol–water partition coefficient (Wildman–Crippen LogP) is -0.467. The van der Waals surface area contributed by atoms with Crippen molar-refractivity contribution in [2.75, 3.05) is 13.1 Å². The number of urea groups is 1. The van der Waals surface area contributed by atoms with Gasteiger partial charge in [-0.15, -0.1) is 0 Å². The van der Waals surface area contributed by atoms with Crippen LogP contribution in [0, 0.1) is 5.92 Å². The smallest absolute Gasteiger partial charge is 0.318 e. The highest BCUT2D eigenvalue weighted by Crippen LogP contribution is 2.18. The van der Waals surface area contributed by atoms with Crippen LogP contribution < -0.4 is 11.1 Å². The van der Waals surface area contributed by atoms with E-state index in [4.69, 9.17) is 10.8 Å².